The van der Waals surface area contributed by atoms with Gasteiger partial charge in [0.05, 0.1) is 6.10 Å². The van der Waals surface area contributed by atoms with Gasteiger partial charge in [0.2, 0.25) is 0 Å². The summed E-state index contributed by atoms with van der Waals surface area (Å²) in [6.45, 7) is 5.08. The number of amides is 1. The second-order valence-electron chi connectivity index (χ2n) is 9.40. The first-order chi connectivity index (χ1) is 17.8. The zero-order valence-electron chi connectivity index (χ0n) is 21.9. The van der Waals surface area contributed by atoms with Gasteiger partial charge in [-0.25, -0.2) is 0 Å². The first kappa shape index (κ1) is 25.9. The van der Waals surface area contributed by atoms with E-state index in [1.54, 1.807) is 0 Å². The van der Waals surface area contributed by atoms with Gasteiger partial charge in [-0.05, 0) is 82.0 Å². The van der Waals surface area contributed by atoms with Gasteiger partial charge in [0, 0.05) is 36.5 Å². The number of aromatic nitrogens is 3. The minimum Gasteiger partial charge on any atom is -0.491 e. The summed E-state index contributed by atoms with van der Waals surface area (Å²) in [6, 6.07) is 22.7. The third-order valence-corrected chi connectivity index (χ3v) is 5.63. The molecule has 8 heteroatoms. The highest BCUT2D eigenvalue weighted by Gasteiger charge is 2.13. The van der Waals surface area contributed by atoms with Gasteiger partial charge in [-0.3, -0.25) is 4.79 Å². The molecule has 0 atom stereocenters. The highest BCUT2D eigenvalue weighted by atomic mass is 16.5. The maximum absolute atomic E-state index is 12.7. The Morgan fingerprint density at radius 2 is 1.68 bits per heavy atom. The molecule has 0 unspecified atom stereocenters. The number of anilines is 1. The Bertz CT molecular complexity index is 1330. The highest BCUT2D eigenvalue weighted by molar-refractivity contribution is 6.04. The monoisotopic (exact) mass is 499 g/mol. The molecule has 0 spiro atoms. The molecule has 1 N–H and O–H groups in total. The third-order valence-electron chi connectivity index (χ3n) is 5.63. The Morgan fingerprint density at radius 1 is 0.973 bits per heavy atom. The van der Waals surface area contributed by atoms with E-state index in [4.69, 9.17) is 9.47 Å². The van der Waals surface area contributed by atoms with Crippen LogP contribution >= 0.6 is 0 Å². The van der Waals surface area contributed by atoms with Crippen molar-refractivity contribution in [2.24, 2.45) is 7.05 Å². The molecule has 0 saturated carbocycles. The first-order valence-electron chi connectivity index (χ1n) is 12.2. The van der Waals surface area contributed by atoms with Gasteiger partial charge >= 0.3 is 0 Å². The van der Waals surface area contributed by atoms with Crippen LogP contribution in [0.3, 0.4) is 0 Å². The van der Waals surface area contributed by atoms with Gasteiger partial charge in [-0.2, -0.15) is 0 Å². The molecule has 1 heterocycles. The molecular weight excluding hydrogens is 466 g/mol. The molecule has 1 aromatic heterocycles. The van der Waals surface area contributed by atoms with Gasteiger partial charge in [-0.15, -0.1) is 10.2 Å². The molecule has 0 aliphatic rings. The molecule has 0 bridgehead atoms. The summed E-state index contributed by atoms with van der Waals surface area (Å²) in [5.74, 6) is 2.73. The minimum atomic E-state index is -0.148. The van der Waals surface area contributed by atoms with Crippen molar-refractivity contribution in [3.63, 3.8) is 0 Å². The fraction of sp³-hybridized carbons (Fsp3) is 0.276. The molecule has 37 heavy (non-hydrogen) atoms. The summed E-state index contributed by atoms with van der Waals surface area (Å²) >= 11 is 0. The quantitative estimate of drug-likeness (QED) is 0.325. The van der Waals surface area contributed by atoms with Crippen molar-refractivity contribution in [2.75, 3.05) is 19.4 Å². The van der Waals surface area contributed by atoms with Crippen LogP contribution in [0.4, 0.5) is 5.69 Å². The molecule has 0 aliphatic carbocycles. The van der Waals surface area contributed by atoms with E-state index in [9.17, 15) is 4.79 Å². The van der Waals surface area contributed by atoms with E-state index in [2.05, 4.69) is 20.4 Å². The number of carbonyl (C=O) groups is 1. The van der Waals surface area contributed by atoms with E-state index in [1.165, 1.54) is 0 Å². The highest BCUT2D eigenvalue weighted by Crippen LogP contribution is 2.23. The Morgan fingerprint density at radius 3 is 2.35 bits per heavy atom. The molecule has 192 valence electrons. The predicted octanol–water partition coefficient (Wildman–Crippen LogP) is 5.16. The number of nitrogens with zero attached hydrogens (tertiary/aromatic N) is 4. The van der Waals surface area contributed by atoms with Crippen LogP contribution in [0, 0.1) is 0 Å². The zero-order chi connectivity index (χ0) is 26.4. The Labute approximate surface area is 217 Å². The number of benzene rings is 3. The van der Waals surface area contributed by atoms with Gasteiger partial charge in [0.1, 0.15) is 18.1 Å². The molecule has 0 fully saturated rings. The fourth-order valence-corrected chi connectivity index (χ4v) is 3.83. The second kappa shape index (κ2) is 11.7. The third kappa shape index (κ3) is 6.95. The average Bonchev–Trinajstić information content (AvgIpc) is 3.23. The van der Waals surface area contributed by atoms with Crippen molar-refractivity contribution < 1.29 is 14.3 Å². The zero-order valence-corrected chi connectivity index (χ0v) is 21.9. The van der Waals surface area contributed by atoms with Gasteiger partial charge in [0.15, 0.2) is 11.6 Å². The summed E-state index contributed by atoms with van der Waals surface area (Å²) < 4.78 is 13.5. The topological polar surface area (TPSA) is 81.5 Å². The number of hydrogen-bond acceptors (Lipinski definition) is 6. The Hall–Kier alpha value is -4.17. The molecule has 4 rings (SSSR count). The summed E-state index contributed by atoms with van der Waals surface area (Å²) in [5, 5.41) is 11.6. The predicted molar refractivity (Wildman–Crippen MR) is 145 cm³/mol. The summed E-state index contributed by atoms with van der Waals surface area (Å²) in [4.78, 5) is 14.7. The standard InChI is InChI=1S/C29H33N5O3/c1-20(2)37-26-8-6-7-25(17-26)36-19-27-31-32-28(34(27)5)22-13-15-24(16-14-22)30-29(35)23-11-9-21(10-12-23)18-33(3)4/h6-17,20H,18-19H2,1-5H3,(H,30,35). The van der Waals surface area contributed by atoms with Crippen LogP contribution in [-0.4, -0.2) is 45.8 Å². The Balaban J connectivity index is 1.37. The number of carbonyl (C=O) groups excluding carboxylic acids is 1. The lowest BCUT2D eigenvalue weighted by molar-refractivity contribution is 0.102. The largest absolute Gasteiger partial charge is 0.491 e. The van der Waals surface area contributed by atoms with E-state index < -0.39 is 0 Å². The second-order valence-corrected chi connectivity index (χ2v) is 9.40. The normalized spacial score (nSPS) is 11.1. The van der Waals surface area contributed by atoms with Crippen molar-refractivity contribution in [1.29, 1.82) is 0 Å². The van der Waals surface area contributed by atoms with Crippen molar-refractivity contribution in [3.05, 3.63) is 89.7 Å². The summed E-state index contributed by atoms with van der Waals surface area (Å²) in [5.41, 5.74) is 3.37. The molecule has 1 amide bonds. The lowest BCUT2D eigenvalue weighted by Gasteiger charge is -2.12. The van der Waals surface area contributed by atoms with Crippen molar-refractivity contribution >= 4 is 11.6 Å². The van der Waals surface area contributed by atoms with E-state index in [1.807, 2.05) is 112 Å². The van der Waals surface area contributed by atoms with Crippen LogP contribution in [0.25, 0.3) is 11.4 Å². The van der Waals surface area contributed by atoms with Crippen LogP contribution in [0.5, 0.6) is 11.5 Å². The lowest BCUT2D eigenvalue weighted by atomic mass is 10.1. The van der Waals surface area contributed by atoms with Crippen molar-refractivity contribution in [3.8, 4) is 22.9 Å². The number of nitrogens with one attached hydrogen (secondary N) is 1. The lowest BCUT2D eigenvalue weighted by Crippen LogP contribution is -2.13. The number of hydrogen-bond donors (Lipinski definition) is 1. The fourth-order valence-electron chi connectivity index (χ4n) is 3.83. The van der Waals surface area contributed by atoms with Crippen molar-refractivity contribution in [2.45, 2.75) is 33.1 Å². The van der Waals surface area contributed by atoms with E-state index in [0.717, 1.165) is 23.4 Å². The van der Waals surface area contributed by atoms with Crippen LogP contribution in [0.2, 0.25) is 0 Å². The summed E-state index contributed by atoms with van der Waals surface area (Å²) in [6.07, 6.45) is 0.0934. The van der Waals surface area contributed by atoms with Crippen LogP contribution < -0.4 is 14.8 Å². The van der Waals surface area contributed by atoms with E-state index in [0.29, 0.717) is 28.6 Å². The molecule has 3 aromatic carbocycles. The van der Waals surface area contributed by atoms with Gasteiger partial charge in [-0.1, -0.05) is 18.2 Å². The molecule has 0 radical (unpaired) electrons. The van der Waals surface area contributed by atoms with Crippen LogP contribution in [0.1, 0.15) is 35.6 Å². The van der Waals surface area contributed by atoms with Gasteiger partial charge < -0.3 is 24.3 Å². The number of ether oxygens (including phenoxy) is 2. The molecule has 0 saturated heterocycles. The molecule has 4 aromatic rings. The maximum atomic E-state index is 12.7. The van der Waals surface area contributed by atoms with Crippen molar-refractivity contribution in [1.82, 2.24) is 19.7 Å². The maximum Gasteiger partial charge on any atom is 0.255 e. The number of rotatable bonds is 10. The van der Waals surface area contributed by atoms with Crippen LogP contribution in [0.15, 0.2) is 72.8 Å². The molecule has 0 aliphatic heterocycles. The Kier molecular flexibility index (Phi) is 8.20. The summed E-state index contributed by atoms with van der Waals surface area (Å²) in [7, 11) is 5.94. The van der Waals surface area contributed by atoms with E-state index in [-0.39, 0.29) is 18.6 Å². The minimum absolute atomic E-state index is 0.0934. The molecule has 8 nitrogen and oxygen atoms in total. The molecular formula is C29H33N5O3. The van der Waals surface area contributed by atoms with Crippen LogP contribution in [-0.2, 0) is 20.2 Å². The SMILES string of the molecule is CC(C)Oc1cccc(OCc2nnc(-c3ccc(NC(=O)c4ccc(CN(C)C)cc4)cc3)n2C)c1. The smallest absolute Gasteiger partial charge is 0.255 e. The average molecular weight is 500 g/mol. The first-order valence-corrected chi connectivity index (χ1v) is 12.2. The van der Waals surface area contributed by atoms with Gasteiger partial charge in [0.25, 0.3) is 5.91 Å². The van der Waals surface area contributed by atoms with E-state index >= 15 is 0 Å².